The molecule has 0 aliphatic heterocycles. The zero-order chi connectivity index (χ0) is 12.1. The molecule has 1 N–H and O–H groups in total. The number of nitrogens with one attached hydrogen (secondary N) is 1. The molecular weight excluding hydrogens is 210 g/mol. The van der Waals surface area contributed by atoms with E-state index >= 15 is 0 Å². The van der Waals surface area contributed by atoms with Gasteiger partial charge in [0.25, 0.3) is 0 Å². The molecule has 4 heteroatoms. The van der Waals surface area contributed by atoms with E-state index in [1.807, 2.05) is 13.8 Å². The van der Waals surface area contributed by atoms with Crippen LogP contribution >= 0.6 is 0 Å². The van der Waals surface area contributed by atoms with Crippen molar-refractivity contribution in [3.8, 4) is 6.07 Å². The van der Waals surface area contributed by atoms with Crippen LogP contribution in [0, 0.1) is 23.0 Å². The first kappa shape index (κ1) is 12.4. The topological polar surface area (TPSA) is 35.8 Å². The number of nitrogens with zero attached hydrogens (tertiary/aromatic N) is 1. The molecule has 1 aromatic rings. The van der Waals surface area contributed by atoms with Crippen LogP contribution in [0.15, 0.2) is 12.1 Å². The highest BCUT2D eigenvalue weighted by molar-refractivity contribution is 5.50. The van der Waals surface area contributed by atoms with Gasteiger partial charge in [0.15, 0.2) is 11.6 Å². The number of benzene rings is 1. The van der Waals surface area contributed by atoms with E-state index in [1.54, 1.807) is 6.07 Å². The van der Waals surface area contributed by atoms with Gasteiger partial charge in [-0.2, -0.15) is 5.26 Å². The number of halogens is 2. The summed E-state index contributed by atoms with van der Waals surface area (Å²) in [5, 5.41) is 11.4. The Morgan fingerprint density at radius 2 is 1.75 bits per heavy atom. The van der Waals surface area contributed by atoms with Crippen LogP contribution in [-0.2, 0) is 0 Å². The number of nitriles is 1. The molecule has 0 atom stereocenters. The molecule has 0 saturated heterocycles. The molecule has 0 radical (unpaired) electrons. The van der Waals surface area contributed by atoms with E-state index in [0.29, 0.717) is 0 Å². The summed E-state index contributed by atoms with van der Waals surface area (Å²) in [6, 6.07) is 3.82. The minimum absolute atomic E-state index is 0.00917. The summed E-state index contributed by atoms with van der Waals surface area (Å²) in [5.74, 6) is -1.44. The summed E-state index contributed by atoms with van der Waals surface area (Å²) >= 11 is 0. The molecule has 0 amide bonds. The van der Waals surface area contributed by atoms with E-state index in [-0.39, 0.29) is 17.3 Å². The van der Waals surface area contributed by atoms with E-state index in [0.717, 1.165) is 25.0 Å². The number of rotatable bonds is 4. The Morgan fingerprint density at radius 1 is 1.25 bits per heavy atom. The van der Waals surface area contributed by atoms with Gasteiger partial charge in [0, 0.05) is 6.04 Å². The molecule has 0 saturated carbocycles. The molecule has 2 nitrogen and oxygen atoms in total. The summed E-state index contributed by atoms with van der Waals surface area (Å²) in [6.45, 7) is 3.89. The highest BCUT2D eigenvalue weighted by Gasteiger charge is 2.13. The lowest BCUT2D eigenvalue weighted by atomic mass is 10.1. The molecule has 0 fully saturated rings. The van der Waals surface area contributed by atoms with Crippen molar-refractivity contribution >= 4 is 5.69 Å². The van der Waals surface area contributed by atoms with Crippen molar-refractivity contribution in [2.45, 2.75) is 32.7 Å². The fourth-order valence-corrected chi connectivity index (χ4v) is 1.47. The van der Waals surface area contributed by atoms with Crippen LogP contribution in [0.25, 0.3) is 0 Å². The van der Waals surface area contributed by atoms with E-state index < -0.39 is 11.6 Å². The van der Waals surface area contributed by atoms with E-state index in [1.165, 1.54) is 0 Å². The molecule has 0 bridgehead atoms. The second-order valence-electron chi connectivity index (χ2n) is 3.58. The monoisotopic (exact) mass is 224 g/mol. The van der Waals surface area contributed by atoms with Gasteiger partial charge in [0.1, 0.15) is 5.69 Å². The number of anilines is 1. The van der Waals surface area contributed by atoms with E-state index in [2.05, 4.69) is 5.32 Å². The molecule has 0 unspecified atom stereocenters. The van der Waals surface area contributed by atoms with Crippen LogP contribution in [0.3, 0.4) is 0 Å². The predicted octanol–water partition coefficient (Wildman–Crippen LogP) is 3.44. The van der Waals surface area contributed by atoms with Gasteiger partial charge in [-0.15, -0.1) is 0 Å². The van der Waals surface area contributed by atoms with Crippen molar-refractivity contribution in [1.82, 2.24) is 0 Å². The van der Waals surface area contributed by atoms with Crippen LogP contribution in [0.1, 0.15) is 32.3 Å². The first-order valence-electron chi connectivity index (χ1n) is 5.28. The van der Waals surface area contributed by atoms with Crippen molar-refractivity contribution in [1.29, 1.82) is 5.26 Å². The van der Waals surface area contributed by atoms with Crippen LogP contribution < -0.4 is 5.32 Å². The Kier molecular flexibility index (Phi) is 4.24. The minimum Gasteiger partial charge on any atom is -0.378 e. The second kappa shape index (κ2) is 5.45. The maximum atomic E-state index is 13.5. The summed E-state index contributed by atoms with van der Waals surface area (Å²) in [5.41, 5.74) is -0.155. The minimum atomic E-state index is -0.719. The normalized spacial score (nSPS) is 10.2. The molecule has 0 spiro atoms. The maximum Gasteiger partial charge on any atom is 0.150 e. The van der Waals surface area contributed by atoms with Crippen molar-refractivity contribution < 1.29 is 8.78 Å². The van der Waals surface area contributed by atoms with Crippen LogP contribution in [0.2, 0.25) is 0 Å². The van der Waals surface area contributed by atoms with Crippen molar-refractivity contribution in [2.24, 2.45) is 0 Å². The molecule has 0 aliphatic carbocycles. The second-order valence-corrected chi connectivity index (χ2v) is 3.58. The average Bonchev–Trinajstić information content (AvgIpc) is 2.28. The van der Waals surface area contributed by atoms with Crippen molar-refractivity contribution in [2.75, 3.05) is 5.32 Å². The summed E-state index contributed by atoms with van der Waals surface area (Å²) in [6.07, 6.45) is 1.57. The standard InChI is InChI=1S/C12H14F2N2/c1-3-9(4-2)16-12-10(13)5-8(7-15)6-11(12)14/h5-6,9,16H,3-4H2,1-2H3. The highest BCUT2D eigenvalue weighted by atomic mass is 19.1. The molecule has 1 aromatic carbocycles. The number of hydrogen-bond donors (Lipinski definition) is 1. The Balaban J connectivity index is 3.01. The maximum absolute atomic E-state index is 13.5. The third kappa shape index (κ3) is 2.69. The smallest absolute Gasteiger partial charge is 0.150 e. The highest BCUT2D eigenvalue weighted by Crippen LogP contribution is 2.22. The largest absolute Gasteiger partial charge is 0.378 e. The zero-order valence-corrected chi connectivity index (χ0v) is 9.35. The molecule has 86 valence electrons. The molecule has 0 aliphatic rings. The van der Waals surface area contributed by atoms with E-state index in [9.17, 15) is 8.78 Å². The van der Waals surface area contributed by atoms with Gasteiger partial charge in [-0.1, -0.05) is 13.8 Å². The van der Waals surface area contributed by atoms with Gasteiger partial charge in [-0.05, 0) is 25.0 Å². The molecule has 16 heavy (non-hydrogen) atoms. The lowest BCUT2D eigenvalue weighted by Gasteiger charge is -2.17. The Bertz CT molecular complexity index is 383. The van der Waals surface area contributed by atoms with Gasteiger partial charge < -0.3 is 5.32 Å². The predicted molar refractivity (Wildman–Crippen MR) is 59.1 cm³/mol. The van der Waals surface area contributed by atoms with Gasteiger partial charge in [0.2, 0.25) is 0 Å². The number of hydrogen-bond acceptors (Lipinski definition) is 2. The zero-order valence-electron chi connectivity index (χ0n) is 9.35. The van der Waals surface area contributed by atoms with Crippen LogP contribution in [0.4, 0.5) is 14.5 Å². The van der Waals surface area contributed by atoms with Gasteiger partial charge in [-0.3, -0.25) is 0 Å². The van der Waals surface area contributed by atoms with E-state index in [4.69, 9.17) is 5.26 Å². The van der Waals surface area contributed by atoms with Crippen LogP contribution in [-0.4, -0.2) is 6.04 Å². The summed E-state index contributed by atoms with van der Waals surface area (Å²) in [7, 11) is 0. The average molecular weight is 224 g/mol. The Hall–Kier alpha value is -1.63. The molecule has 0 aromatic heterocycles. The van der Waals surface area contributed by atoms with Crippen LogP contribution in [0.5, 0.6) is 0 Å². The van der Waals surface area contributed by atoms with Gasteiger partial charge in [0.05, 0.1) is 11.6 Å². The third-order valence-electron chi connectivity index (χ3n) is 2.51. The Labute approximate surface area is 93.9 Å². The fraction of sp³-hybridized carbons (Fsp3) is 0.417. The summed E-state index contributed by atoms with van der Waals surface area (Å²) < 4.78 is 27.0. The van der Waals surface area contributed by atoms with Crippen molar-refractivity contribution in [3.63, 3.8) is 0 Å². The van der Waals surface area contributed by atoms with Gasteiger partial charge >= 0.3 is 0 Å². The first-order chi connectivity index (χ1) is 7.62. The lowest BCUT2D eigenvalue weighted by Crippen LogP contribution is -2.19. The molecule has 1 rings (SSSR count). The lowest BCUT2D eigenvalue weighted by molar-refractivity contribution is 0.574. The first-order valence-corrected chi connectivity index (χ1v) is 5.28. The van der Waals surface area contributed by atoms with Crippen molar-refractivity contribution in [3.05, 3.63) is 29.3 Å². The molecular formula is C12H14F2N2. The summed E-state index contributed by atoms with van der Waals surface area (Å²) in [4.78, 5) is 0. The fourth-order valence-electron chi connectivity index (χ4n) is 1.47. The Morgan fingerprint density at radius 3 is 2.12 bits per heavy atom. The van der Waals surface area contributed by atoms with Gasteiger partial charge in [-0.25, -0.2) is 8.78 Å². The third-order valence-corrected chi connectivity index (χ3v) is 2.51. The SMILES string of the molecule is CCC(CC)Nc1c(F)cc(C#N)cc1F. The molecule has 0 heterocycles. The quantitative estimate of drug-likeness (QED) is 0.850.